The Balaban J connectivity index is 1.36. The summed E-state index contributed by atoms with van der Waals surface area (Å²) in [6.07, 6.45) is 3.64. The standard InChI is InChI=1S/C20H25N5O2/c26-20(18-8-9-19(23-22-18)25-10-2-1-3-11-25)21-16-4-6-17(7-5-16)24-12-14-27-15-13-24/h4-9H,1-3,10-15H2,(H,21,26). The summed E-state index contributed by atoms with van der Waals surface area (Å²) in [4.78, 5) is 16.9. The van der Waals surface area contributed by atoms with E-state index >= 15 is 0 Å². The summed E-state index contributed by atoms with van der Waals surface area (Å²) in [5.41, 5.74) is 2.22. The summed E-state index contributed by atoms with van der Waals surface area (Å²) in [5.74, 6) is 0.605. The molecular formula is C20H25N5O2. The molecule has 7 heteroatoms. The minimum atomic E-state index is -0.244. The molecule has 27 heavy (non-hydrogen) atoms. The van der Waals surface area contributed by atoms with E-state index in [4.69, 9.17) is 4.74 Å². The highest BCUT2D eigenvalue weighted by Crippen LogP contribution is 2.20. The number of hydrogen-bond donors (Lipinski definition) is 1. The topological polar surface area (TPSA) is 70.6 Å². The fourth-order valence-electron chi connectivity index (χ4n) is 3.51. The first-order chi connectivity index (χ1) is 13.3. The fourth-order valence-corrected chi connectivity index (χ4v) is 3.51. The monoisotopic (exact) mass is 367 g/mol. The van der Waals surface area contributed by atoms with Gasteiger partial charge in [-0.05, 0) is 55.7 Å². The molecule has 7 nitrogen and oxygen atoms in total. The number of carbonyl (C=O) groups excluding carboxylic acids is 1. The van der Waals surface area contributed by atoms with Gasteiger partial charge in [-0.1, -0.05) is 0 Å². The molecule has 2 aliphatic heterocycles. The Morgan fingerprint density at radius 1 is 0.852 bits per heavy atom. The van der Waals surface area contributed by atoms with Gasteiger partial charge >= 0.3 is 0 Å². The van der Waals surface area contributed by atoms with Crippen LogP contribution in [0.3, 0.4) is 0 Å². The molecule has 1 amide bonds. The van der Waals surface area contributed by atoms with Gasteiger partial charge in [0.05, 0.1) is 13.2 Å². The van der Waals surface area contributed by atoms with E-state index in [0.717, 1.165) is 56.6 Å². The average molecular weight is 367 g/mol. The van der Waals surface area contributed by atoms with Crippen LogP contribution in [0.25, 0.3) is 0 Å². The molecule has 2 saturated heterocycles. The molecule has 142 valence electrons. The quantitative estimate of drug-likeness (QED) is 0.896. The van der Waals surface area contributed by atoms with E-state index in [2.05, 4.69) is 25.3 Å². The van der Waals surface area contributed by atoms with Gasteiger partial charge < -0.3 is 19.9 Å². The molecule has 0 saturated carbocycles. The lowest BCUT2D eigenvalue weighted by Gasteiger charge is -2.28. The largest absolute Gasteiger partial charge is 0.378 e. The fraction of sp³-hybridized carbons (Fsp3) is 0.450. The lowest BCUT2D eigenvalue weighted by atomic mass is 10.1. The normalized spacial score (nSPS) is 17.6. The second kappa shape index (κ2) is 8.35. The Morgan fingerprint density at radius 3 is 2.26 bits per heavy atom. The van der Waals surface area contributed by atoms with Crippen LogP contribution >= 0.6 is 0 Å². The molecule has 4 rings (SSSR count). The van der Waals surface area contributed by atoms with Crippen molar-refractivity contribution in [2.45, 2.75) is 19.3 Å². The third-order valence-corrected chi connectivity index (χ3v) is 5.06. The van der Waals surface area contributed by atoms with Crippen LogP contribution in [-0.2, 0) is 4.74 Å². The number of amides is 1. The third-order valence-electron chi connectivity index (χ3n) is 5.06. The zero-order valence-corrected chi connectivity index (χ0v) is 15.4. The van der Waals surface area contributed by atoms with Crippen LogP contribution in [0.15, 0.2) is 36.4 Å². The molecule has 0 unspecified atom stereocenters. The summed E-state index contributed by atoms with van der Waals surface area (Å²) in [5, 5.41) is 11.2. The van der Waals surface area contributed by atoms with Crippen molar-refractivity contribution in [1.82, 2.24) is 10.2 Å². The number of nitrogens with zero attached hydrogens (tertiary/aromatic N) is 4. The minimum Gasteiger partial charge on any atom is -0.378 e. The highest BCUT2D eigenvalue weighted by molar-refractivity contribution is 6.02. The summed E-state index contributed by atoms with van der Waals surface area (Å²) < 4.78 is 5.38. The number of aromatic nitrogens is 2. The highest BCUT2D eigenvalue weighted by Gasteiger charge is 2.15. The zero-order chi connectivity index (χ0) is 18.5. The smallest absolute Gasteiger partial charge is 0.276 e. The molecule has 2 fully saturated rings. The maximum atomic E-state index is 12.4. The number of anilines is 3. The van der Waals surface area contributed by atoms with Gasteiger partial charge in [0.1, 0.15) is 0 Å². The van der Waals surface area contributed by atoms with Crippen LogP contribution in [0, 0.1) is 0 Å². The number of nitrogens with one attached hydrogen (secondary N) is 1. The van der Waals surface area contributed by atoms with Crippen molar-refractivity contribution in [3.05, 3.63) is 42.1 Å². The van der Waals surface area contributed by atoms with E-state index in [9.17, 15) is 4.79 Å². The molecule has 0 bridgehead atoms. The number of ether oxygens (including phenoxy) is 1. The predicted molar refractivity (Wildman–Crippen MR) is 106 cm³/mol. The first-order valence-electron chi connectivity index (χ1n) is 9.62. The maximum absolute atomic E-state index is 12.4. The third kappa shape index (κ3) is 4.36. The van der Waals surface area contributed by atoms with Crippen LogP contribution in [0.4, 0.5) is 17.2 Å². The maximum Gasteiger partial charge on any atom is 0.276 e. The second-order valence-electron chi connectivity index (χ2n) is 6.92. The van der Waals surface area contributed by atoms with Gasteiger partial charge in [-0.25, -0.2) is 0 Å². The Bertz CT molecular complexity index is 751. The van der Waals surface area contributed by atoms with Crippen LogP contribution in [-0.4, -0.2) is 55.5 Å². The van der Waals surface area contributed by atoms with Gasteiger partial charge in [-0.3, -0.25) is 4.79 Å². The second-order valence-corrected chi connectivity index (χ2v) is 6.92. The van der Waals surface area contributed by atoms with Crippen molar-refractivity contribution in [1.29, 1.82) is 0 Å². The van der Waals surface area contributed by atoms with E-state index in [0.29, 0.717) is 5.69 Å². The van der Waals surface area contributed by atoms with E-state index in [1.165, 1.54) is 19.3 Å². The number of benzene rings is 1. The van der Waals surface area contributed by atoms with E-state index in [-0.39, 0.29) is 5.91 Å². The summed E-state index contributed by atoms with van der Waals surface area (Å²) in [7, 11) is 0. The first-order valence-corrected chi connectivity index (χ1v) is 9.62. The van der Waals surface area contributed by atoms with Crippen molar-refractivity contribution >= 4 is 23.1 Å². The number of piperidine rings is 1. The average Bonchev–Trinajstić information content (AvgIpc) is 2.76. The SMILES string of the molecule is O=C(Nc1ccc(N2CCOCC2)cc1)c1ccc(N2CCCCC2)nn1. The molecule has 1 N–H and O–H groups in total. The molecule has 2 aliphatic rings. The molecule has 0 atom stereocenters. The number of rotatable bonds is 4. The number of hydrogen-bond acceptors (Lipinski definition) is 6. The Kier molecular flexibility index (Phi) is 5.48. The Labute approximate surface area is 159 Å². The zero-order valence-electron chi connectivity index (χ0n) is 15.4. The summed E-state index contributed by atoms with van der Waals surface area (Å²) in [6.45, 7) is 5.32. The van der Waals surface area contributed by atoms with Crippen molar-refractivity contribution in [2.75, 3.05) is 54.5 Å². The van der Waals surface area contributed by atoms with Crippen LogP contribution in [0.5, 0.6) is 0 Å². The first kappa shape index (κ1) is 17.7. The van der Waals surface area contributed by atoms with Gasteiger partial charge in [-0.2, -0.15) is 0 Å². The van der Waals surface area contributed by atoms with Crippen LogP contribution in [0.2, 0.25) is 0 Å². The van der Waals surface area contributed by atoms with Crippen LogP contribution in [0.1, 0.15) is 29.8 Å². The van der Waals surface area contributed by atoms with Gasteiger partial charge in [0.25, 0.3) is 5.91 Å². The molecule has 1 aromatic heterocycles. The van der Waals surface area contributed by atoms with E-state index in [1.807, 2.05) is 30.3 Å². The Morgan fingerprint density at radius 2 is 1.59 bits per heavy atom. The lowest BCUT2D eigenvalue weighted by Crippen LogP contribution is -2.36. The predicted octanol–water partition coefficient (Wildman–Crippen LogP) is 2.56. The highest BCUT2D eigenvalue weighted by atomic mass is 16.5. The molecule has 2 aromatic rings. The molecule has 0 radical (unpaired) electrons. The van der Waals surface area contributed by atoms with Gasteiger partial charge in [-0.15, -0.1) is 10.2 Å². The molecule has 0 aliphatic carbocycles. The molecule has 0 spiro atoms. The van der Waals surface area contributed by atoms with Gasteiger partial charge in [0.15, 0.2) is 11.5 Å². The van der Waals surface area contributed by atoms with Crippen molar-refractivity contribution < 1.29 is 9.53 Å². The van der Waals surface area contributed by atoms with Gasteiger partial charge in [0.2, 0.25) is 0 Å². The molecule has 1 aromatic carbocycles. The number of morpholine rings is 1. The number of carbonyl (C=O) groups is 1. The van der Waals surface area contributed by atoms with E-state index < -0.39 is 0 Å². The van der Waals surface area contributed by atoms with Gasteiger partial charge in [0, 0.05) is 37.6 Å². The Hall–Kier alpha value is -2.67. The van der Waals surface area contributed by atoms with E-state index in [1.54, 1.807) is 6.07 Å². The minimum absolute atomic E-state index is 0.244. The van der Waals surface area contributed by atoms with Crippen molar-refractivity contribution in [3.63, 3.8) is 0 Å². The molecule has 3 heterocycles. The summed E-state index contributed by atoms with van der Waals surface area (Å²) >= 11 is 0. The van der Waals surface area contributed by atoms with Crippen LogP contribution < -0.4 is 15.1 Å². The molecular weight excluding hydrogens is 342 g/mol. The summed E-state index contributed by atoms with van der Waals surface area (Å²) in [6, 6.07) is 11.5. The van der Waals surface area contributed by atoms with Crippen molar-refractivity contribution in [2.24, 2.45) is 0 Å². The lowest BCUT2D eigenvalue weighted by molar-refractivity contribution is 0.102. The van der Waals surface area contributed by atoms with Crippen molar-refractivity contribution in [3.8, 4) is 0 Å².